The second-order valence-electron chi connectivity index (χ2n) is 4.92. The van der Waals surface area contributed by atoms with Crippen molar-refractivity contribution in [3.05, 3.63) is 64.3 Å². The number of benzene rings is 1. The Morgan fingerprint density at radius 1 is 1.21 bits per heavy atom. The van der Waals surface area contributed by atoms with E-state index in [2.05, 4.69) is 20.4 Å². The fourth-order valence-electron chi connectivity index (χ4n) is 2.05. The van der Waals surface area contributed by atoms with Crippen LogP contribution in [0.1, 0.15) is 16.1 Å². The summed E-state index contributed by atoms with van der Waals surface area (Å²) >= 11 is 11.9. The maximum Gasteiger partial charge on any atom is 0.278 e. The van der Waals surface area contributed by atoms with Crippen LogP contribution in [-0.4, -0.2) is 25.7 Å². The van der Waals surface area contributed by atoms with E-state index in [-0.39, 0.29) is 11.5 Å². The summed E-state index contributed by atoms with van der Waals surface area (Å²) in [7, 11) is 0. The van der Waals surface area contributed by atoms with Crippen molar-refractivity contribution in [2.45, 2.75) is 6.54 Å². The minimum Gasteiger partial charge on any atom is -0.382 e. The standard InChI is InChI=1S/C15H12Cl2N6O/c16-11-2-1-9(5-12(11)17)7-23-8-10(6-21-23)22-15(24)13-14(18)20-4-3-19-13/h1-6,8H,7H2,(H2,18,20)(H,22,24). The van der Waals surface area contributed by atoms with Gasteiger partial charge >= 0.3 is 0 Å². The van der Waals surface area contributed by atoms with Gasteiger partial charge in [-0.25, -0.2) is 9.97 Å². The molecule has 0 radical (unpaired) electrons. The van der Waals surface area contributed by atoms with Crippen LogP contribution in [-0.2, 0) is 6.54 Å². The Morgan fingerprint density at radius 2 is 2.00 bits per heavy atom. The monoisotopic (exact) mass is 362 g/mol. The van der Waals surface area contributed by atoms with Gasteiger partial charge in [0.2, 0.25) is 0 Å². The highest BCUT2D eigenvalue weighted by Crippen LogP contribution is 2.23. The van der Waals surface area contributed by atoms with Crippen molar-refractivity contribution in [1.82, 2.24) is 19.7 Å². The Morgan fingerprint density at radius 3 is 2.75 bits per heavy atom. The van der Waals surface area contributed by atoms with Crippen LogP contribution in [0.25, 0.3) is 0 Å². The van der Waals surface area contributed by atoms with Crippen LogP contribution in [0.4, 0.5) is 11.5 Å². The number of carbonyl (C=O) groups is 1. The van der Waals surface area contributed by atoms with Crippen LogP contribution in [0, 0.1) is 0 Å². The van der Waals surface area contributed by atoms with Crippen LogP contribution >= 0.6 is 23.2 Å². The lowest BCUT2D eigenvalue weighted by molar-refractivity contribution is 0.102. The maximum atomic E-state index is 12.1. The Hall–Kier alpha value is -2.64. The first-order valence-corrected chi connectivity index (χ1v) is 7.63. The Bertz CT molecular complexity index is 895. The molecule has 1 aromatic carbocycles. The van der Waals surface area contributed by atoms with E-state index in [0.717, 1.165) is 5.56 Å². The number of halogens is 2. The third-order valence-electron chi connectivity index (χ3n) is 3.16. The highest BCUT2D eigenvalue weighted by molar-refractivity contribution is 6.42. The zero-order valence-corrected chi connectivity index (χ0v) is 13.8. The molecule has 0 saturated carbocycles. The van der Waals surface area contributed by atoms with Gasteiger partial charge in [-0.3, -0.25) is 9.48 Å². The summed E-state index contributed by atoms with van der Waals surface area (Å²) < 4.78 is 1.66. The number of hydrogen-bond donors (Lipinski definition) is 2. The van der Waals surface area contributed by atoms with Gasteiger partial charge in [0.25, 0.3) is 5.91 Å². The summed E-state index contributed by atoms with van der Waals surface area (Å²) in [5.74, 6) is -0.382. The summed E-state index contributed by atoms with van der Waals surface area (Å²) in [5.41, 5.74) is 7.15. The number of nitrogens with one attached hydrogen (secondary N) is 1. The second kappa shape index (κ2) is 6.86. The summed E-state index contributed by atoms with van der Waals surface area (Å²) in [6.45, 7) is 0.486. The van der Waals surface area contributed by atoms with Crippen LogP contribution < -0.4 is 11.1 Å². The molecule has 122 valence electrons. The van der Waals surface area contributed by atoms with Crippen molar-refractivity contribution in [3.8, 4) is 0 Å². The molecule has 2 heterocycles. The van der Waals surface area contributed by atoms with Gasteiger partial charge in [0.1, 0.15) is 0 Å². The first-order chi connectivity index (χ1) is 11.5. The lowest BCUT2D eigenvalue weighted by Crippen LogP contribution is -2.16. The predicted molar refractivity (Wildman–Crippen MR) is 92.2 cm³/mol. The topological polar surface area (TPSA) is 98.7 Å². The summed E-state index contributed by atoms with van der Waals surface area (Å²) in [4.78, 5) is 19.9. The molecule has 7 nitrogen and oxygen atoms in total. The molecule has 3 N–H and O–H groups in total. The van der Waals surface area contributed by atoms with E-state index in [4.69, 9.17) is 28.9 Å². The molecule has 9 heteroatoms. The van der Waals surface area contributed by atoms with Gasteiger partial charge in [-0.05, 0) is 17.7 Å². The van der Waals surface area contributed by atoms with Crippen molar-refractivity contribution in [2.24, 2.45) is 0 Å². The van der Waals surface area contributed by atoms with Gasteiger partial charge in [-0.15, -0.1) is 0 Å². The normalized spacial score (nSPS) is 10.6. The average Bonchev–Trinajstić information content (AvgIpc) is 2.98. The highest BCUT2D eigenvalue weighted by atomic mass is 35.5. The molecule has 0 aliphatic carbocycles. The van der Waals surface area contributed by atoms with Gasteiger partial charge in [-0.2, -0.15) is 5.10 Å². The predicted octanol–water partition coefficient (Wildman–Crippen LogP) is 2.86. The van der Waals surface area contributed by atoms with Gasteiger partial charge in [0.15, 0.2) is 11.5 Å². The van der Waals surface area contributed by atoms with Gasteiger partial charge in [0, 0.05) is 18.6 Å². The summed E-state index contributed by atoms with van der Waals surface area (Å²) in [6, 6.07) is 5.35. The molecule has 0 bridgehead atoms. The molecule has 0 saturated heterocycles. The quantitative estimate of drug-likeness (QED) is 0.743. The van der Waals surface area contributed by atoms with Crippen molar-refractivity contribution in [2.75, 3.05) is 11.1 Å². The SMILES string of the molecule is Nc1nccnc1C(=O)Nc1cnn(Cc2ccc(Cl)c(Cl)c2)c1. The Balaban J connectivity index is 1.70. The molecule has 0 atom stereocenters. The smallest absolute Gasteiger partial charge is 0.278 e. The van der Waals surface area contributed by atoms with Crippen LogP contribution in [0.5, 0.6) is 0 Å². The molecule has 3 rings (SSSR count). The highest BCUT2D eigenvalue weighted by Gasteiger charge is 2.13. The molecule has 1 amide bonds. The molecule has 2 aromatic heterocycles. The zero-order chi connectivity index (χ0) is 17.1. The van der Waals surface area contributed by atoms with Crippen molar-refractivity contribution >= 4 is 40.6 Å². The first kappa shape index (κ1) is 16.2. The van der Waals surface area contributed by atoms with E-state index >= 15 is 0 Å². The summed E-state index contributed by atoms with van der Waals surface area (Å²) in [5, 5.41) is 7.84. The molecule has 0 unspecified atom stereocenters. The van der Waals surface area contributed by atoms with Crippen LogP contribution in [0.2, 0.25) is 10.0 Å². The van der Waals surface area contributed by atoms with Gasteiger partial charge in [0.05, 0.1) is 28.5 Å². The van der Waals surface area contributed by atoms with E-state index in [1.165, 1.54) is 18.6 Å². The minimum absolute atomic E-state index is 0.0646. The molecule has 0 fully saturated rings. The number of nitrogens with zero attached hydrogens (tertiary/aromatic N) is 4. The fourth-order valence-corrected chi connectivity index (χ4v) is 2.37. The lowest BCUT2D eigenvalue weighted by Gasteiger charge is -2.04. The van der Waals surface area contributed by atoms with E-state index in [9.17, 15) is 4.79 Å². The summed E-state index contributed by atoms with van der Waals surface area (Å²) in [6.07, 6.45) is 6.04. The number of rotatable bonds is 4. The third kappa shape index (κ3) is 3.64. The van der Waals surface area contributed by atoms with Crippen molar-refractivity contribution in [1.29, 1.82) is 0 Å². The third-order valence-corrected chi connectivity index (χ3v) is 3.90. The number of hydrogen-bond acceptors (Lipinski definition) is 5. The van der Waals surface area contributed by atoms with E-state index < -0.39 is 5.91 Å². The molecule has 0 aliphatic heterocycles. The molecule has 3 aromatic rings. The minimum atomic E-state index is -0.449. The average molecular weight is 363 g/mol. The Kier molecular flexibility index (Phi) is 4.64. The van der Waals surface area contributed by atoms with E-state index in [0.29, 0.717) is 22.3 Å². The van der Waals surface area contributed by atoms with E-state index in [1.807, 2.05) is 6.07 Å². The zero-order valence-electron chi connectivity index (χ0n) is 12.3. The fraction of sp³-hybridized carbons (Fsp3) is 0.0667. The van der Waals surface area contributed by atoms with Crippen LogP contribution in [0.3, 0.4) is 0 Å². The Labute approximate surface area is 147 Å². The first-order valence-electron chi connectivity index (χ1n) is 6.87. The number of aromatic nitrogens is 4. The molecule has 0 aliphatic rings. The molecule has 24 heavy (non-hydrogen) atoms. The maximum absolute atomic E-state index is 12.1. The van der Waals surface area contributed by atoms with Gasteiger partial charge < -0.3 is 11.1 Å². The number of anilines is 2. The van der Waals surface area contributed by atoms with Gasteiger partial charge in [-0.1, -0.05) is 29.3 Å². The molecule has 0 spiro atoms. The molecular formula is C15H12Cl2N6O. The number of nitrogen functional groups attached to an aromatic ring is 1. The number of nitrogens with two attached hydrogens (primary N) is 1. The lowest BCUT2D eigenvalue weighted by atomic mass is 10.2. The van der Waals surface area contributed by atoms with Crippen molar-refractivity contribution in [3.63, 3.8) is 0 Å². The number of amides is 1. The molecular weight excluding hydrogens is 351 g/mol. The number of carbonyl (C=O) groups excluding carboxylic acids is 1. The van der Waals surface area contributed by atoms with Crippen molar-refractivity contribution < 1.29 is 4.79 Å². The van der Waals surface area contributed by atoms with E-state index in [1.54, 1.807) is 23.0 Å². The second-order valence-corrected chi connectivity index (χ2v) is 5.73. The largest absolute Gasteiger partial charge is 0.382 e. The van der Waals surface area contributed by atoms with Crippen LogP contribution in [0.15, 0.2) is 43.0 Å².